The van der Waals surface area contributed by atoms with Crippen LogP contribution in [0.1, 0.15) is 11.1 Å². The summed E-state index contributed by atoms with van der Waals surface area (Å²) in [4.78, 5) is 0. The van der Waals surface area contributed by atoms with Crippen molar-refractivity contribution in [1.82, 2.24) is 0 Å². The first-order chi connectivity index (χ1) is 12.0. The lowest BCUT2D eigenvalue weighted by Crippen LogP contribution is -2.19. The zero-order chi connectivity index (χ0) is 17.8. The van der Waals surface area contributed by atoms with E-state index in [4.69, 9.17) is 23.8 Å². The van der Waals surface area contributed by atoms with E-state index in [1.165, 1.54) is 11.1 Å². The van der Waals surface area contributed by atoms with E-state index >= 15 is 0 Å². The van der Waals surface area contributed by atoms with Crippen LogP contribution in [0.2, 0.25) is 5.02 Å². The lowest BCUT2D eigenvalue weighted by atomic mass is 10.1. The molecular weight excluding hydrogens is 348 g/mol. The van der Waals surface area contributed by atoms with Gasteiger partial charge in [0.2, 0.25) is 0 Å². The van der Waals surface area contributed by atoms with Gasteiger partial charge in [0.25, 0.3) is 0 Å². The first kappa shape index (κ1) is 17.5. The van der Waals surface area contributed by atoms with Gasteiger partial charge in [-0.15, -0.1) is 0 Å². The summed E-state index contributed by atoms with van der Waals surface area (Å²) in [6.45, 7) is 4.03. The van der Waals surface area contributed by atoms with Crippen LogP contribution in [0.25, 0.3) is 11.1 Å². The second-order valence-electron chi connectivity index (χ2n) is 5.96. The number of nitrogens with one attached hydrogen (secondary N) is 2. The summed E-state index contributed by atoms with van der Waals surface area (Å²) in [7, 11) is 0. The number of anilines is 2. The molecule has 0 aliphatic heterocycles. The maximum absolute atomic E-state index is 6.32. The minimum Gasteiger partial charge on any atom is -0.332 e. The van der Waals surface area contributed by atoms with E-state index in [1.807, 2.05) is 50.2 Å². The molecule has 126 valence electrons. The minimum atomic E-state index is 0.515. The molecular formula is C21H19ClN2S. The van der Waals surface area contributed by atoms with Crippen LogP contribution in [0.4, 0.5) is 11.4 Å². The van der Waals surface area contributed by atoms with Gasteiger partial charge >= 0.3 is 0 Å². The molecule has 0 aliphatic rings. The van der Waals surface area contributed by atoms with Crippen molar-refractivity contribution >= 4 is 40.3 Å². The lowest BCUT2D eigenvalue weighted by molar-refractivity contribution is 1.38. The summed E-state index contributed by atoms with van der Waals surface area (Å²) in [5, 5.41) is 7.57. The molecule has 3 aromatic carbocycles. The average molecular weight is 367 g/mol. The fourth-order valence-electron chi connectivity index (χ4n) is 2.73. The van der Waals surface area contributed by atoms with Crippen molar-refractivity contribution in [2.45, 2.75) is 13.8 Å². The molecule has 0 fully saturated rings. The summed E-state index contributed by atoms with van der Waals surface area (Å²) in [5.74, 6) is 0. The first-order valence-electron chi connectivity index (χ1n) is 8.03. The summed E-state index contributed by atoms with van der Waals surface area (Å²) in [6.07, 6.45) is 0. The number of halogens is 1. The highest BCUT2D eigenvalue weighted by molar-refractivity contribution is 7.80. The van der Waals surface area contributed by atoms with Crippen molar-refractivity contribution in [3.05, 3.63) is 82.9 Å². The fraction of sp³-hybridized carbons (Fsp3) is 0.0952. The molecule has 0 aromatic heterocycles. The Hall–Kier alpha value is -2.36. The van der Waals surface area contributed by atoms with Crippen molar-refractivity contribution in [1.29, 1.82) is 0 Å². The highest BCUT2D eigenvalue weighted by Gasteiger charge is 2.07. The van der Waals surface area contributed by atoms with Gasteiger partial charge in [-0.25, -0.2) is 0 Å². The predicted molar refractivity (Wildman–Crippen MR) is 113 cm³/mol. The maximum atomic E-state index is 6.32. The molecule has 0 aliphatic carbocycles. The molecule has 0 heterocycles. The smallest absolute Gasteiger partial charge is 0.175 e. The van der Waals surface area contributed by atoms with Crippen LogP contribution in [-0.2, 0) is 0 Å². The Kier molecular flexibility index (Phi) is 5.37. The second-order valence-corrected chi connectivity index (χ2v) is 6.78. The topological polar surface area (TPSA) is 24.1 Å². The number of hydrogen-bond donors (Lipinski definition) is 2. The summed E-state index contributed by atoms with van der Waals surface area (Å²) in [6, 6.07) is 22.5. The van der Waals surface area contributed by atoms with Gasteiger partial charge in [-0.2, -0.15) is 0 Å². The number of hydrogen-bond acceptors (Lipinski definition) is 1. The van der Waals surface area contributed by atoms with Crippen LogP contribution in [0.15, 0.2) is 66.7 Å². The van der Waals surface area contributed by atoms with E-state index in [2.05, 4.69) is 41.0 Å². The van der Waals surface area contributed by atoms with E-state index in [1.54, 1.807) is 0 Å². The Morgan fingerprint density at radius 3 is 2.12 bits per heavy atom. The summed E-state index contributed by atoms with van der Waals surface area (Å²) < 4.78 is 0. The Morgan fingerprint density at radius 1 is 0.840 bits per heavy atom. The van der Waals surface area contributed by atoms with Crippen LogP contribution >= 0.6 is 23.8 Å². The Bertz CT molecular complexity index is 867. The third-order valence-corrected chi connectivity index (χ3v) is 4.42. The van der Waals surface area contributed by atoms with Gasteiger partial charge in [0, 0.05) is 5.69 Å². The van der Waals surface area contributed by atoms with Gasteiger partial charge in [-0.05, 0) is 66.5 Å². The molecule has 25 heavy (non-hydrogen) atoms. The van der Waals surface area contributed by atoms with Crippen LogP contribution < -0.4 is 10.6 Å². The Balaban J connectivity index is 1.70. The molecule has 0 amide bonds. The highest BCUT2D eigenvalue weighted by atomic mass is 35.5. The molecule has 2 nitrogen and oxygen atoms in total. The van der Waals surface area contributed by atoms with E-state index in [9.17, 15) is 0 Å². The number of aryl methyl sites for hydroxylation is 2. The highest BCUT2D eigenvalue weighted by Crippen LogP contribution is 2.27. The van der Waals surface area contributed by atoms with E-state index < -0.39 is 0 Å². The normalized spacial score (nSPS) is 10.4. The van der Waals surface area contributed by atoms with Crippen molar-refractivity contribution in [2.24, 2.45) is 0 Å². The minimum absolute atomic E-state index is 0.515. The molecule has 3 aromatic rings. The number of thiocarbonyl (C=S) groups is 1. The third-order valence-electron chi connectivity index (χ3n) is 3.92. The quantitative estimate of drug-likeness (QED) is 0.522. The Morgan fingerprint density at radius 2 is 1.48 bits per heavy atom. The van der Waals surface area contributed by atoms with E-state index in [0.717, 1.165) is 22.5 Å². The standard InChI is InChI=1S/C21H19ClN2S/c1-14-12-15(2)20(19(22)13-14)24-21(25)23-18-10-8-17(9-11-18)16-6-4-3-5-7-16/h3-13H,1-2H3,(H2,23,24,25). The summed E-state index contributed by atoms with van der Waals surface area (Å²) in [5.41, 5.74) is 6.32. The van der Waals surface area contributed by atoms with Crippen molar-refractivity contribution < 1.29 is 0 Å². The monoisotopic (exact) mass is 366 g/mol. The predicted octanol–water partition coefficient (Wildman–Crippen LogP) is 6.43. The molecule has 0 unspecified atom stereocenters. The Labute approximate surface area is 158 Å². The molecule has 4 heteroatoms. The third kappa shape index (κ3) is 4.38. The van der Waals surface area contributed by atoms with Crippen molar-refractivity contribution in [3.8, 4) is 11.1 Å². The molecule has 2 N–H and O–H groups in total. The zero-order valence-electron chi connectivity index (χ0n) is 14.1. The maximum Gasteiger partial charge on any atom is 0.175 e. The largest absolute Gasteiger partial charge is 0.332 e. The van der Waals surface area contributed by atoms with E-state index in [0.29, 0.717) is 10.1 Å². The van der Waals surface area contributed by atoms with Gasteiger partial charge < -0.3 is 10.6 Å². The molecule has 0 atom stereocenters. The van der Waals surface area contributed by atoms with Crippen molar-refractivity contribution in [2.75, 3.05) is 10.6 Å². The van der Waals surface area contributed by atoms with Crippen LogP contribution in [0.3, 0.4) is 0 Å². The zero-order valence-corrected chi connectivity index (χ0v) is 15.7. The second kappa shape index (κ2) is 7.68. The van der Waals surface area contributed by atoms with Gasteiger partial charge in [0.05, 0.1) is 10.7 Å². The van der Waals surface area contributed by atoms with E-state index in [-0.39, 0.29) is 0 Å². The fourth-order valence-corrected chi connectivity index (χ4v) is 3.31. The molecule has 0 saturated heterocycles. The van der Waals surface area contributed by atoms with Gasteiger partial charge in [0.1, 0.15) is 0 Å². The van der Waals surface area contributed by atoms with Crippen LogP contribution in [0.5, 0.6) is 0 Å². The SMILES string of the molecule is Cc1cc(C)c(NC(=S)Nc2ccc(-c3ccccc3)cc2)c(Cl)c1. The number of benzene rings is 3. The molecule has 0 saturated carbocycles. The molecule has 3 rings (SSSR count). The van der Waals surface area contributed by atoms with Crippen molar-refractivity contribution in [3.63, 3.8) is 0 Å². The number of rotatable bonds is 3. The molecule has 0 bridgehead atoms. The van der Waals surface area contributed by atoms with Gasteiger partial charge in [-0.3, -0.25) is 0 Å². The first-order valence-corrected chi connectivity index (χ1v) is 8.82. The average Bonchev–Trinajstić information content (AvgIpc) is 2.59. The van der Waals surface area contributed by atoms with Gasteiger partial charge in [0.15, 0.2) is 5.11 Å². The van der Waals surface area contributed by atoms with Gasteiger partial charge in [-0.1, -0.05) is 60.1 Å². The lowest BCUT2D eigenvalue weighted by Gasteiger charge is -2.15. The molecule has 0 spiro atoms. The van der Waals surface area contributed by atoms with Crippen LogP contribution in [0, 0.1) is 13.8 Å². The summed E-state index contributed by atoms with van der Waals surface area (Å²) >= 11 is 11.7. The van der Waals surface area contributed by atoms with Crippen LogP contribution in [-0.4, -0.2) is 5.11 Å². The molecule has 0 radical (unpaired) electrons.